The number of fused-ring (bicyclic) bond motifs is 1. The minimum absolute atomic E-state index is 0.563. The largest absolute Gasteiger partial charge is 0.360 e. The van der Waals surface area contributed by atoms with E-state index >= 15 is 0 Å². The Morgan fingerprint density at radius 1 is 1.40 bits per heavy atom. The third-order valence-electron chi connectivity index (χ3n) is 2.12. The van der Waals surface area contributed by atoms with Gasteiger partial charge in [0.25, 0.3) is 0 Å². The molecule has 2 aromatic rings. The monoisotopic (exact) mass is 194 g/mol. The number of aromatic nitrogens is 1. The molecule has 2 rings (SSSR count). The zero-order chi connectivity index (χ0) is 10.7. The van der Waals surface area contributed by atoms with E-state index in [0.29, 0.717) is 11.1 Å². The Hall–Kier alpha value is -2.52. The lowest BCUT2D eigenvalue weighted by Crippen LogP contribution is -1.80. The van der Waals surface area contributed by atoms with Crippen molar-refractivity contribution in [3.05, 3.63) is 35.5 Å². The normalized spacial score (nSPS) is 9.00. The summed E-state index contributed by atoms with van der Waals surface area (Å²) in [6, 6.07) is 7.23. The number of nitrogens with one attached hydrogen (secondary N) is 1. The highest BCUT2D eigenvalue weighted by atomic mass is 16.1. The Morgan fingerprint density at radius 3 is 3.00 bits per heavy atom. The lowest BCUT2D eigenvalue weighted by Gasteiger charge is -1.94. The maximum Gasteiger partial charge on any atom is 0.152 e. The van der Waals surface area contributed by atoms with E-state index in [1.807, 2.05) is 12.1 Å². The van der Waals surface area contributed by atoms with Gasteiger partial charge in [-0.15, -0.1) is 0 Å². The molecule has 0 aliphatic rings. The fraction of sp³-hybridized carbons (Fsp3) is 0. The van der Waals surface area contributed by atoms with Gasteiger partial charge in [0.05, 0.1) is 0 Å². The van der Waals surface area contributed by atoms with Gasteiger partial charge in [-0.2, -0.15) is 5.26 Å². The van der Waals surface area contributed by atoms with Gasteiger partial charge in [-0.1, -0.05) is 12.0 Å². The summed E-state index contributed by atoms with van der Waals surface area (Å²) in [6.45, 7) is 0. The molecule has 0 fully saturated rings. The molecule has 0 amide bonds. The van der Waals surface area contributed by atoms with E-state index in [1.54, 1.807) is 18.3 Å². The number of benzene rings is 1. The summed E-state index contributed by atoms with van der Waals surface area (Å²) >= 11 is 0. The van der Waals surface area contributed by atoms with Gasteiger partial charge in [-0.3, -0.25) is 4.79 Å². The molecule has 1 N–H and O–H groups in total. The Morgan fingerprint density at radius 2 is 2.27 bits per heavy atom. The van der Waals surface area contributed by atoms with E-state index in [9.17, 15) is 4.79 Å². The summed E-state index contributed by atoms with van der Waals surface area (Å²) in [5.74, 6) is 5.03. The van der Waals surface area contributed by atoms with E-state index in [2.05, 4.69) is 16.8 Å². The van der Waals surface area contributed by atoms with E-state index in [0.717, 1.165) is 17.2 Å². The first kappa shape index (κ1) is 9.05. The predicted molar refractivity (Wildman–Crippen MR) is 56.2 cm³/mol. The van der Waals surface area contributed by atoms with Gasteiger partial charge < -0.3 is 4.98 Å². The standard InChI is InChI=1S/C12H6N2O/c13-6-2-4-9-3-1-5-11-12(9)10(8-15)7-14-11/h1,3,5,7-8,14H. The lowest BCUT2D eigenvalue weighted by molar-refractivity contribution is 0.112. The van der Waals surface area contributed by atoms with E-state index in [-0.39, 0.29) is 0 Å². The predicted octanol–water partition coefficient (Wildman–Crippen LogP) is 1.86. The van der Waals surface area contributed by atoms with Gasteiger partial charge in [0.2, 0.25) is 0 Å². The number of H-pyrrole nitrogens is 1. The van der Waals surface area contributed by atoms with Crippen molar-refractivity contribution in [1.82, 2.24) is 4.98 Å². The molecule has 0 atom stereocenters. The topological polar surface area (TPSA) is 56.6 Å². The van der Waals surface area contributed by atoms with Gasteiger partial charge in [0, 0.05) is 34.1 Å². The zero-order valence-corrected chi connectivity index (χ0v) is 7.74. The Balaban J connectivity index is 2.79. The highest BCUT2D eigenvalue weighted by Gasteiger charge is 2.05. The molecule has 1 aromatic carbocycles. The smallest absolute Gasteiger partial charge is 0.152 e. The number of aromatic amines is 1. The number of hydrogen-bond acceptors (Lipinski definition) is 2. The van der Waals surface area contributed by atoms with Gasteiger partial charge in [-0.25, -0.2) is 0 Å². The molecule has 0 bridgehead atoms. The van der Waals surface area contributed by atoms with Crippen molar-refractivity contribution in [3.8, 4) is 17.9 Å². The highest BCUT2D eigenvalue weighted by Crippen LogP contribution is 2.20. The van der Waals surface area contributed by atoms with Crippen molar-refractivity contribution < 1.29 is 4.79 Å². The van der Waals surface area contributed by atoms with E-state index in [1.165, 1.54) is 0 Å². The van der Waals surface area contributed by atoms with Crippen molar-refractivity contribution in [2.45, 2.75) is 0 Å². The minimum atomic E-state index is 0.563. The molecule has 0 aliphatic heterocycles. The van der Waals surface area contributed by atoms with Gasteiger partial charge in [-0.05, 0) is 12.1 Å². The third kappa shape index (κ3) is 1.47. The molecular formula is C12H6N2O. The molecule has 0 aliphatic carbocycles. The fourth-order valence-electron chi connectivity index (χ4n) is 1.50. The minimum Gasteiger partial charge on any atom is -0.360 e. The first-order valence-electron chi connectivity index (χ1n) is 4.32. The van der Waals surface area contributed by atoms with Crippen LogP contribution in [0.15, 0.2) is 24.4 Å². The SMILES string of the molecule is N#CC#Cc1cccc2[nH]cc(C=O)c12. The van der Waals surface area contributed by atoms with Crippen LogP contribution in [0.5, 0.6) is 0 Å². The van der Waals surface area contributed by atoms with Gasteiger partial charge in [0.15, 0.2) is 12.4 Å². The average Bonchev–Trinajstić information content (AvgIpc) is 2.69. The second-order valence-corrected chi connectivity index (χ2v) is 2.95. The second-order valence-electron chi connectivity index (χ2n) is 2.95. The van der Waals surface area contributed by atoms with Crippen LogP contribution in [-0.4, -0.2) is 11.3 Å². The van der Waals surface area contributed by atoms with Crippen LogP contribution < -0.4 is 0 Å². The molecule has 3 heteroatoms. The van der Waals surface area contributed by atoms with Crippen molar-refractivity contribution in [3.63, 3.8) is 0 Å². The summed E-state index contributed by atoms with van der Waals surface area (Å²) in [7, 11) is 0. The molecular weight excluding hydrogens is 188 g/mol. The van der Waals surface area contributed by atoms with Crippen LogP contribution in [0.25, 0.3) is 10.9 Å². The molecule has 0 saturated heterocycles. The van der Waals surface area contributed by atoms with Crippen molar-refractivity contribution in [2.24, 2.45) is 0 Å². The molecule has 1 aromatic heterocycles. The van der Waals surface area contributed by atoms with Crippen molar-refractivity contribution in [2.75, 3.05) is 0 Å². The van der Waals surface area contributed by atoms with Gasteiger partial charge in [0.1, 0.15) is 0 Å². The van der Waals surface area contributed by atoms with Crippen molar-refractivity contribution >= 4 is 17.2 Å². The van der Waals surface area contributed by atoms with E-state index in [4.69, 9.17) is 5.26 Å². The maximum atomic E-state index is 10.8. The van der Waals surface area contributed by atoms with Crippen LogP contribution in [0, 0.1) is 23.2 Å². The number of nitrogens with zero attached hydrogens (tertiary/aromatic N) is 1. The summed E-state index contributed by atoms with van der Waals surface area (Å²) in [5, 5.41) is 9.15. The first-order valence-corrected chi connectivity index (χ1v) is 4.32. The van der Waals surface area contributed by atoms with Crippen molar-refractivity contribution in [1.29, 1.82) is 5.26 Å². The fourth-order valence-corrected chi connectivity index (χ4v) is 1.50. The van der Waals surface area contributed by atoms with Gasteiger partial charge >= 0.3 is 0 Å². The molecule has 70 valence electrons. The molecule has 1 heterocycles. The quantitative estimate of drug-likeness (QED) is 0.556. The number of rotatable bonds is 1. The number of hydrogen-bond donors (Lipinski definition) is 1. The average molecular weight is 194 g/mol. The number of aldehydes is 1. The van der Waals surface area contributed by atoms with E-state index < -0.39 is 0 Å². The molecule has 0 spiro atoms. The first-order chi connectivity index (χ1) is 7.36. The maximum absolute atomic E-state index is 10.8. The Kier molecular flexibility index (Phi) is 2.23. The molecule has 0 unspecified atom stereocenters. The Labute approximate surface area is 86.3 Å². The number of carbonyl (C=O) groups is 1. The second kappa shape index (κ2) is 3.69. The molecule has 15 heavy (non-hydrogen) atoms. The van der Waals surface area contributed by atoms with Crippen LogP contribution in [0.1, 0.15) is 15.9 Å². The Bertz CT molecular complexity index is 620. The zero-order valence-electron chi connectivity index (χ0n) is 7.74. The summed E-state index contributed by atoms with van der Waals surface area (Å²) < 4.78 is 0. The van der Waals surface area contributed by atoms with Crippen LogP contribution in [-0.2, 0) is 0 Å². The van der Waals surface area contributed by atoms with Crippen LogP contribution in [0.4, 0.5) is 0 Å². The number of carbonyl (C=O) groups excluding carboxylic acids is 1. The van der Waals surface area contributed by atoms with Crippen LogP contribution in [0.2, 0.25) is 0 Å². The lowest BCUT2D eigenvalue weighted by atomic mass is 10.1. The summed E-state index contributed by atoms with van der Waals surface area (Å²) in [6.07, 6.45) is 2.41. The number of nitriles is 1. The molecule has 0 radical (unpaired) electrons. The van der Waals surface area contributed by atoms with Crippen LogP contribution >= 0.6 is 0 Å². The molecule has 3 nitrogen and oxygen atoms in total. The summed E-state index contributed by atoms with van der Waals surface area (Å²) in [4.78, 5) is 13.7. The van der Waals surface area contributed by atoms with Crippen LogP contribution in [0.3, 0.4) is 0 Å². The molecule has 0 saturated carbocycles. The third-order valence-corrected chi connectivity index (χ3v) is 2.12. The summed E-state index contributed by atoms with van der Waals surface area (Å²) in [5.41, 5.74) is 2.10. The highest BCUT2D eigenvalue weighted by molar-refractivity contribution is 6.00.